The maximum atomic E-state index is 12.3. The topological polar surface area (TPSA) is 47.6 Å². The van der Waals surface area contributed by atoms with Crippen LogP contribution in [0.3, 0.4) is 0 Å². The van der Waals surface area contributed by atoms with E-state index in [1.54, 1.807) is 6.92 Å². The minimum atomic E-state index is -0.569. The van der Waals surface area contributed by atoms with Crippen LogP contribution in [0, 0.1) is 0 Å². The molecular weight excluding hydrogens is 338 g/mol. The van der Waals surface area contributed by atoms with Gasteiger partial charge in [0.25, 0.3) is 5.91 Å². The second-order valence-electron chi connectivity index (χ2n) is 8.07. The summed E-state index contributed by atoms with van der Waals surface area (Å²) in [7, 11) is 0. The number of hydrogen-bond acceptors (Lipinski definition) is 3. The SMILES string of the molecule is CC(C)Oc1cccc(CNC(=O)C(C)Oc2ccc(C(C)(C)C)cc2)c1. The van der Waals surface area contributed by atoms with Crippen molar-refractivity contribution in [2.45, 2.75) is 65.7 Å². The summed E-state index contributed by atoms with van der Waals surface area (Å²) in [4.78, 5) is 12.3. The lowest BCUT2D eigenvalue weighted by Gasteiger charge is -2.20. The van der Waals surface area contributed by atoms with Gasteiger partial charge in [-0.1, -0.05) is 45.0 Å². The van der Waals surface area contributed by atoms with Crippen LogP contribution >= 0.6 is 0 Å². The summed E-state index contributed by atoms with van der Waals surface area (Å²) in [6.07, 6.45) is -0.450. The molecular formula is C23H31NO3. The average Bonchev–Trinajstić information content (AvgIpc) is 2.59. The van der Waals surface area contributed by atoms with Gasteiger partial charge in [-0.3, -0.25) is 4.79 Å². The Labute approximate surface area is 162 Å². The van der Waals surface area contributed by atoms with Crippen LogP contribution in [0.5, 0.6) is 11.5 Å². The summed E-state index contributed by atoms with van der Waals surface area (Å²) < 4.78 is 11.5. The fourth-order valence-electron chi connectivity index (χ4n) is 2.62. The second kappa shape index (κ2) is 8.94. The molecule has 1 atom stereocenters. The number of rotatable bonds is 7. The van der Waals surface area contributed by atoms with Crippen LogP contribution in [0.2, 0.25) is 0 Å². The second-order valence-corrected chi connectivity index (χ2v) is 8.07. The van der Waals surface area contributed by atoms with Crippen molar-refractivity contribution in [1.82, 2.24) is 5.32 Å². The van der Waals surface area contributed by atoms with Crippen molar-refractivity contribution in [1.29, 1.82) is 0 Å². The third kappa shape index (κ3) is 6.63. The molecule has 4 nitrogen and oxygen atoms in total. The molecule has 1 amide bonds. The van der Waals surface area contributed by atoms with Crippen molar-refractivity contribution in [3.63, 3.8) is 0 Å². The predicted molar refractivity (Wildman–Crippen MR) is 109 cm³/mol. The maximum Gasteiger partial charge on any atom is 0.261 e. The van der Waals surface area contributed by atoms with Crippen molar-refractivity contribution in [2.75, 3.05) is 0 Å². The largest absolute Gasteiger partial charge is 0.491 e. The molecule has 2 rings (SSSR count). The van der Waals surface area contributed by atoms with Gasteiger partial charge in [0.15, 0.2) is 6.10 Å². The first kappa shape index (κ1) is 20.8. The molecule has 146 valence electrons. The highest BCUT2D eigenvalue weighted by Gasteiger charge is 2.16. The number of benzene rings is 2. The first-order chi connectivity index (χ1) is 12.6. The Morgan fingerprint density at radius 1 is 0.963 bits per heavy atom. The molecule has 0 aromatic heterocycles. The monoisotopic (exact) mass is 369 g/mol. The third-order valence-corrected chi connectivity index (χ3v) is 4.14. The van der Waals surface area contributed by atoms with Crippen LogP contribution in [0.1, 0.15) is 52.7 Å². The van der Waals surface area contributed by atoms with Gasteiger partial charge in [-0.2, -0.15) is 0 Å². The lowest BCUT2D eigenvalue weighted by molar-refractivity contribution is -0.127. The maximum absolute atomic E-state index is 12.3. The van der Waals surface area contributed by atoms with E-state index >= 15 is 0 Å². The molecule has 2 aromatic carbocycles. The van der Waals surface area contributed by atoms with E-state index in [-0.39, 0.29) is 17.4 Å². The highest BCUT2D eigenvalue weighted by Crippen LogP contribution is 2.24. The average molecular weight is 370 g/mol. The molecule has 0 aliphatic heterocycles. The predicted octanol–water partition coefficient (Wildman–Crippen LogP) is 4.86. The number of hydrogen-bond donors (Lipinski definition) is 1. The summed E-state index contributed by atoms with van der Waals surface area (Å²) >= 11 is 0. The molecule has 0 aliphatic rings. The van der Waals surface area contributed by atoms with Crippen LogP contribution in [0.4, 0.5) is 0 Å². The number of ether oxygens (including phenoxy) is 2. The van der Waals surface area contributed by atoms with Crippen LogP contribution in [-0.2, 0) is 16.8 Å². The van der Waals surface area contributed by atoms with E-state index in [1.165, 1.54) is 5.56 Å². The first-order valence-corrected chi connectivity index (χ1v) is 9.45. The van der Waals surface area contributed by atoms with Crippen molar-refractivity contribution < 1.29 is 14.3 Å². The highest BCUT2D eigenvalue weighted by atomic mass is 16.5. The summed E-state index contributed by atoms with van der Waals surface area (Å²) in [5.74, 6) is 1.35. The molecule has 2 aromatic rings. The van der Waals surface area contributed by atoms with Gasteiger partial charge < -0.3 is 14.8 Å². The molecule has 0 radical (unpaired) electrons. The Morgan fingerprint density at radius 3 is 2.22 bits per heavy atom. The van der Waals surface area contributed by atoms with Crippen LogP contribution in [-0.4, -0.2) is 18.1 Å². The fourth-order valence-corrected chi connectivity index (χ4v) is 2.62. The van der Waals surface area contributed by atoms with Crippen LogP contribution < -0.4 is 14.8 Å². The quantitative estimate of drug-likeness (QED) is 0.758. The molecule has 0 heterocycles. The summed E-state index contributed by atoms with van der Waals surface area (Å²) in [5.41, 5.74) is 2.31. The smallest absolute Gasteiger partial charge is 0.261 e. The minimum Gasteiger partial charge on any atom is -0.491 e. The zero-order valence-electron chi connectivity index (χ0n) is 17.2. The molecule has 0 aliphatic carbocycles. The zero-order chi connectivity index (χ0) is 20.0. The Kier molecular flexibility index (Phi) is 6.89. The zero-order valence-corrected chi connectivity index (χ0v) is 17.2. The van der Waals surface area contributed by atoms with E-state index < -0.39 is 6.10 Å². The lowest BCUT2D eigenvalue weighted by Crippen LogP contribution is -2.35. The molecule has 27 heavy (non-hydrogen) atoms. The Balaban J connectivity index is 1.88. The van der Waals surface area contributed by atoms with Gasteiger partial charge in [0.1, 0.15) is 11.5 Å². The van der Waals surface area contributed by atoms with Gasteiger partial charge in [0.2, 0.25) is 0 Å². The number of carbonyl (C=O) groups excluding carboxylic acids is 1. The van der Waals surface area contributed by atoms with Gasteiger partial charge in [0.05, 0.1) is 6.10 Å². The fraction of sp³-hybridized carbons (Fsp3) is 0.435. The number of carbonyl (C=O) groups is 1. The van der Waals surface area contributed by atoms with Gasteiger partial charge >= 0.3 is 0 Å². The summed E-state index contributed by atoms with van der Waals surface area (Å²) in [5, 5.41) is 2.92. The van der Waals surface area contributed by atoms with E-state index in [9.17, 15) is 4.79 Å². The van der Waals surface area contributed by atoms with E-state index in [1.807, 2.05) is 62.4 Å². The van der Waals surface area contributed by atoms with Gasteiger partial charge in [-0.15, -0.1) is 0 Å². The van der Waals surface area contributed by atoms with E-state index in [0.717, 1.165) is 11.3 Å². The normalized spacial score (nSPS) is 12.6. The van der Waals surface area contributed by atoms with Crippen molar-refractivity contribution in [3.05, 3.63) is 59.7 Å². The molecule has 0 spiro atoms. The molecule has 0 saturated heterocycles. The Bertz CT molecular complexity index is 745. The van der Waals surface area contributed by atoms with Gasteiger partial charge in [0, 0.05) is 6.54 Å². The molecule has 0 bridgehead atoms. The summed E-state index contributed by atoms with van der Waals surface area (Å²) in [6.45, 7) is 12.7. The van der Waals surface area contributed by atoms with Gasteiger partial charge in [-0.05, 0) is 61.6 Å². The van der Waals surface area contributed by atoms with E-state index in [4.69, 9.17) is 9.47 Å². The van der Waals surface area contributed by atoms with Gasteiger partial charge in [-0.25, -0.2) is 0 Å². The third-order valence-electron chi connectivity index (χ3n) is 4.14. The number of amides is 1. The van der Waals surface area contributed by atoms with Crippen molar-refractivity contribution in [3.8, 4) is 11.5 Å². The highest BCUT2D eigenvalue weighted by molar-refractivity contribution is 5.80. The minimum absolute atomic E-state index is 0.0926. The van der Waals surface area contributed by atoms with Crippen LogP contribution in [0.25, 0.3) is 0 Å². The molecule has 1 N–H and O–H groups in total. The number of nitrogens with one attached hydrogen (secondary N) is 1. The standard InChI is InChI=1S/C23H31NO3/c1-16(2)26-21-9-7-8-18(14-21)15-24-22(25)17(3)27-20-12-10-19(11-13-20)23(4,5)6/h7-14,16-17H,15H2,1-6H3,(H,24,25). The molecule has 1 unspecified atom stereocenters. The molecule has 0 saturated carbocycles. The first-order valence-electron chi connectivity index (χ1n) is 9.45. The van der Waals surface area contributed by atoms with Crippen molar-refractivity contribution >= 4 is 5.91 Å². The summed E-state index contributed by atoms with van der Waals surface area (Å²) in [6, 6.07) is 15.7. The van der Waals surface area contributed by atoms with E-state index in [2.05, 4.69) is 26.1 Å². The van der Waals surface area contributed by atoms with Crippen molar-refractivity contribution in [2.24, 2.45) is 0 Å². The van der Waals surface area contributed by atoms with Crippen LogP contribution in [0.15, 0.2) is 48.5 Å². The molecule has 4 heteroatoms. The van der Waals surface area contributed by atoms with E-state index in [0.29, 0.717) is 12.3 Å². The Morgan fingerprint density at radius 2 is 1.63 bits per heavy atom. The molecule has 0 fully saturated rings. The Hall–Kier alpha value is -2.49. The lowest BCUT2D eigenvalue weighted by atomic mass is 9.87.